The summed E-state index contributed by atoms with van der Waals surface area (Å²) in [5.41, 5.74) is -3.75. The first-order valence-corrected chi connectivity index (χ1v) is 34.7. The fraction of sp³-hybridized carbons (Fsp3) is 0.699. The molecule has 0 aliphatic carbocycles. The minimum absolute atomic E-state index is 0.0611. The molecule has 7 N–H and O–H groups in total. The van der Waals surface area contributed by atoms with Gasteiger partial charge in [0.15, 0.2) is 11.2 Å². The van der Waals surface area contributed by atoms with E-state index in [9.17, 15) is 71.9 Å². The molecule has 542 valence electrons. The van der Waals surface area contributed by atoms with E-state index in [1.165, 1.54) is 33.5 Å². The maximum atomic E-state index is 14.2. The molecule has 0 saturated carbocycles. The molecule has 6 atom stereocenters. The Kier molecular flexibility index (Phi) is 46.0. The zero-order chi connectivity index (χ0) is 71.0. The quantitative estimate of drug-likeness (QED) is 0.0140. The molecule has 18 nitrogen and oxygen atoms in total. The van der Waals surface area contributed by atoms with Gasteiger partial charge >= 0.3 is 23.9 Å². The summed E-state index contributed by atoms with van der Waals surface area (Å²) in [5.74, 6) is -14.3. The van der Waals surface area contributed by atoms with Crippen molar-refractivity contribution >= 4 is 35.7 Å². The largest absolute Gasteiger partial charge is 0.494 e. The Hall–Kier alpha value is -6.10. The van der Waals surface area contributed by atoms with E-state index in [0.29, 0.717) is 113 Å². The third kappa shape index (κ3) is 37.3. The fourth-order valence-electron chi connectivity index (χ4n) is 10.6. The number of nitrogens with one attached hydrogen (secondary N) is 2. The van der Waals surface area contributed by atoms with Crippen LogP contribution in [0.15, 0.2) is 72.8 Å². The molecule has 0 aliphatic rings. The second-order valence-corrected chi connectivity index (χ2v) is 24.8. The van der Waals surface area contributed by atoms with Crippen LogP contribution in [0.2, 0.25) is 0 Å². The number of allylic oxidation sites excluding steroid dienone is 2. The zero-order valence-electron chi connectivity index (χ0n) is 57.9. The summed E-state index contributed by atoms with van der Waals surface area (Å²) in [4.78, 5) is 76.2. The molecule has 0 heterocycles. The number of carboxylic acid groups (broad SMARTS) is 3. The number of amides is 2. The molecule has 0 aromatic heterocycles. The lowest BCUT2D eigenvalue weighted by atomic mass is 9.83. The third-order valence-electron chi connectivity index (χ3n) is 16.7. The van der Waals surface area contributed by atoms with Crippen LogP contribution in [0.1, 0.15) is 231 Å². The minimum atomic E-state index is -2.66. The number of carboxylic acids is 3. The Balaban J connectivity index is 0.000000950. The lowest BCUT2D eigenvalue weighted by molar-refractivity contribution is -0.169. The van der Waals surface area contributed by atoms with Crippen molar-refractivity contribution in [2.45, 2.75) is 268 Å². The highest BCUT2D eigenvalue weighted by atomic mass is 19.3. The Bertz CT molecular complexity index is 2480. The average Bonchev–Trinajstić information content (AvgIpc) is 0.825. The molecule has 2 aromatic carbocycles. The van der Waals surface area contributed by atoms with Crippen LogP contribution in [0, 0.1) is 11.8 Å². The van der Waals surface area contributed by atoms with Crippen molar-refractivity contribution in [1.29, 1.82) is 0 Å². The molecule has 2 rings (SSSR count). The lowest BCUT2D eigenvalue weighted by Gasteiger charge is -2.30. The molecule has 0 radical (unpaired) electrons. The maximum absolute atomic E-state index is 14.2. The molecular formula is C73H116F4N2O16. The van der Waals surface area contributed by atoms with Gasteiger partial charge in [-0.25, -0.2) is 36.7 Å². The standard InChI is InChI=1S/C37H59F2NO8.C36H57F2NO8/c1-5-7-9-13-16-23-36(38,39)24-17-14-11-10-12-15-18-31(37(45,35(43)44)25-27-46-3)33(41)40-32(34(42)47-4)28-29-19-21-30(22-20-29)48-26-8-6-2;1-4-6-8-12-15-22-35(37,38)23-16-13-10-9-11-14-17-30(36(45,34(43)44)24-26-46-3)32(40)39-31(33(41)42)27-28-18-20-29(21-19-28)47-25-7-5-2/h15,18-22,31-32,45H,5-14,16-17,23-28H2,1-4H3,(H,40,41)(H,43,44);14,17-21,30-31,45H,4-13,15-16,22-27H2,1-3H3,(H,39,40)(H,41,42)(H,43,44)/b18-15+;17-14+/t31-,32+,37+;30-,31+,36+/m11/s1. The third-order valence-corrected chi connectivity index (χ3v) is 16.7. The number of rotatable bonds is 56. The van der Waals surface area contributed by atoms with Crippen LogP contribution < -0.4 is 20.1 Å². The second kappa shape index (κ2) is 50.3. The minimum Gasteiger partial charge on any atom is -0.494 e. The Morgan fingerprint density at radius 3 is 1.08 bits per heavy atom. The number of aliphatic hydroxyl groups is 2. The van der Waals surface area contributed by atoms with Crippen molar-refractivity contribution in [3.05, 3.63) is 84.0 Å². The number of carbonyl (C=O) groups is 6. The number of methoxy groups -OCH3 is 3. The number of unbranched alkanes of at least 4 members (excludes halogenated alkanes) is 18. The summed E-state index contributed by atoms with van der Waals surface area (Å²) < 4.78 is 82.9. The van der Waals surface area contributed by atoms with Gasteiger partial charge in [0.1, 0.15) is 23.6 Å². The van der Waals surface area contributed by atoms with Gasteiger partial charge < -0.3 is 59.9 Å². The Morgan fingerprint density at radius 1 is 0.442 bits per heavy atom. The van der Waals surface area contributed by atoms with Crippen molar-refractivity contribution in [2.24, 2.45) is 11.8 Å². The van der Waals surface area contributed by atoms with Gasteiger partial charge in [-0.05, 0) is 99.6 Å². The van der Waals surface area contributed by atoms with E-state index in [0.717, 1.165) is 77.0 Å². The van der Waals surface area contributed by atoms with Gasteiger partial charge in [-0.1, -0.05) is 166 Å². The van der Waals surface area contributed by atoms with Crippen LogP contribution in [0.4, 0.5) is 17.6 Å². The van der Waals surface area contributed by atoms with Gasteiger partial charge in [-0.2, -0.15) is 0 Å². The molecule has 0 saturated heterocycles. The molecule has 2 amide bonds. The smallest absolute Gasteiger partial charge is 0.336 e. The number of benzene rings is 2. The molecule has 95 heavy (non-hydrogen) atoms. The van der Waals surface area contributed by atoms with E-state index in [1.54, 1.807) is 60.7 Å². The van der Waals surface area contributed by atoms with Gasteiger partial charge in [0.25, 0.3) is 0 Å². The summed E-state index contributed by atoms with van der Waals surface area (Å²) in [6.45, 7) is 9.16. The van der Waals surface area contributed by atoms with Crippen LogP contribution in [0.3, 0.4) is 0 Å². The highest BCUT2D eigenvalue weighted by Gasteiger charge is 2.48. The van der Waals surface area contributed by atoms with Crippen LogP contribution in [0.25, 0.3) is 0 Å². The van der Waals surface area contributed by atoms with Crippen LogP contribution >= 0.6 is 0 Å². The Labute approximate surface area is 563 Å². The number of esters is 1. The summed E-state index contributed by atoms with van der Waals surface area (Å²) >= 11 is 0. The highest BCUT2D eigenvalue weighted by molar-refractivity contribution is 5.93. The van der Waals surface area contributed by atoms with Gasteiger partial charge in [0.2, 0.25) is 23.7 Å². The number of hydrogen-bond acceptors (Lipinski definition) is 13. The molecule has 0 aliphatic heterocycles. The predicted molar refractivity (Wildman–Crippen MR) is 360 cm³/mol. The van der Waals surface area contributed by atoms with Gasteiger partial charge in [0.05, 0.1) is 32.2 Å². The number of aliphatic carboxylic acids is 3. The van der Waals surface area contributed by atoms with E-state index < -0.39 is 89.1 Å². The van der Waals surface area contributed by atoms with Crippen molar-refractivity contribution in [1.82, 2.24) is 10.6 Å². The number of halogens is 4. The van der Waals surface area contributed by atoms with E-state index in [4.69, 9.17) is 23.7 Å². The molecule has 0 bridgehead atoms. The summed E-state index contributed by atoms with van der Waals surface area (Å²) in [5, 5.41) is 57.1. The van der Waals surface area contributed by atoms with E-state index in [1.807, 2.05) is 0 Å². The fourth-order valence-corrected chi connectivity index (χ4v) is 10.6. The first-order valence-electron chi connectivity index (χ1n) is 34.7. The van der Waals surface area contributed by atoms with Crippen LogP contribution in [-0.4, -0.2) is 144 Å². The summed E-state index contributed by atoms with van der Waals surface area (Å²) in [7, 11) is 3.87. The molecule has 22 heteroatoms. The molecule has 2 aromatic rings. The predicted octanol–water partition coefficient (Wildman–Crippen LogP) is 14.8. The van der Waals surface area contributed by atoms with Gasteiger partial charge in [-0.3, -0.25) is 9.59 Å². The number of ether oxygens (including phenoxy) is 5. The summed E-state index contributed by atoms with van der Waals surface area (Å²) in [6, 6.07) is 11.3. The monoisotopic (exact) mass is 1350 g/mol. The molecule has 0 fully saturated rings. The SMILES string of the molecule is CCCCCCCC(F)(F)CCCCCC/C=C/[C@H](C(=O)N[C@@H](Cc1ccc(OCCCC)cc1)C(=O)O)[C@@](O)(CCOC)C(=O)O.CCCCCCCC(F)(F)CCCCCC/C=C/[C@H](C(=O)N[C@@H](Cc1ccc(OCCCC)cc1)C(=O)OC)[C@@](O)(CCOC)C(=O)O. The molecule has 0 spiro atoms. The van der Waals surface area contributed by atoms with Gasteiger partial charge in [0, 0.05) is 78.8 Å². The van der Waals surface area contributed by atoms with Crippen LogP contribution in [-0.2, 0) is 55.8 Å². The average molecular weight is 1350 g/mol. The van der Waals surface area contributed by atoms with Crippen molar-refractivity contribution < 1.29 is 95.5 Å². The zero-order valence-corrected chi connectivity index (χ0v) is 57.9. The van der Waals surface area contributed by atoms with Crippen molar-refractivity contribution in [3.63, 3.8) is 0 Å². The topological polar surface area (TPSA) is 274 Å². The van der Waals surface area contributed by atoms with E-state index in [-0.39, 0.29) is 58.2 Å². The first-order chi connectivity index (χ1) is 45.3. The van der Waals surface area contributed by atoms with Crippen LogP contribution in [0.5, 0.6) is 11.5 Å². The molecule has 0 unspecified atom stereocenters. The number of alkyl halides is 4. The Morgan fingerprint density at radius 2 is 0.768 bits per heavy atom. The lowest BCUT2D eigenvalue weighted by Crippen LogP contribution is -2.55. The van der Waals surface area contributed by atoms with E-state index in [2.05, 4.69) is 38.3 Å². The van der Waals surface area contributed by atoms with Gasteiger partial charge in [-0.15, -0.1) is 0 Å². The highest BCUT2D eigenvalue weighted by Crippen LogP contribution is 2.32. The maximum Gasteiger partial charge on any atom is 0.336 e. The number of carbonyl (C=O) groups excluding carboxylic acids is 3. The summed E-state index contributed by atoms with van der Waals surface area (Å²) in [6.07, 6.45) is 22.9. The first kappa shape index (κ1) is 86.9. The normalized spacial score (nSPS) is 14.4. The molecular weight excluding hydrogens is 1240 g/mol. The second-order valence-electron chi connectivity index (χ2n) is 24.8. The number of hydrogen-bond donors (Lipinski definition) is 7. The van der Waals surface area contributed by atoms with Crippen molar-refractivity contribution in [3.8, 4) is 11.5 Å². The van der Waals surface area contributed by atoms with Crippen molar-refractivity contribution in [2.75, 3.05) is 47.8 Å². The van der Waals surface area contributed by atoms with E-state index >= 15 is 0 Å².